The van der Waals surface area contributed by atoms with Crippen LogP contribution in [0.3, 0.4) is 0 Å². The molecule has 0 aliphatic carbocycles. The maximum atomic E-state index is 12.3. The molecule has 3 rings (SSSR count). The standard InChI is InChI=1S/C23H24INO4/c1-4-6-11-28-21-18(24)12-16(14-20(21)27-5-2)13-19-23(26)29-22(25-19)17-9-7-15(3)8-10-17/h7-10,12-14H,4-6,11H2,1-3H3/b19-13-. The van der Waals surface area contributed by atoms with Crippen molar-refractivity contribution >= 4 is 40.5 Å². The summed E-state index contributed by atoms with van der Waals surface area (Å²) < 4.78 is 18.0. The molecule has 0 fully saturated rings. The Hall–Kier alpha value is -2.35. The number of esters is 1. The number of nitrogens with zero attached hydrogens (tertiary/aromatic N) is 1. The molecule has 0 N–H and O–H groups in total. The van der Waals surface area contributed by atoms with Crippen LogP contribution >= 0.6 is 22.6 Å². The molecule has 5 nitrogen and oxygen atoms in total. The second kappa shape index (κ2) is 9.91. The molecule has 0 amide bonds. The van der Waals surface area contributed by atoms with Crippen LogP contribution in [-0.4, -0.2) is 25.1 Å². The number of unbranched alkanes of at least 4 members (excludes halogenated alkanes) is 1. The lowest BCUT2D eigenvalue weighted by atomic mass is 10.1. The fraction of sp³-hybridized carbons (Fsp3) is 0.304. The van der Waals surface area contributed by atoms with E-state index in [-0.39, 0.29) is 5.70 Å². The summed E-state index contributed by atoms with van der Waals surface area (Å²) in [5, 5.41) is 0. The number of aryl methyl sites for hydroxylation is 1. The average Bonchev–Trinajstić information content (AvgIpc) is 3.05. The van der Waals surface area contributed by atoms with E-state index >= 15 is 0 Å². The number of carbonyl (C=O) groups excluding carboxylic acids is 1. The van der Waals surface area contributed by atoms with Crippen LogP contribution in [-0.2, 0) is 9.53 Å². The fourth-order valence-electron chi connectivity index (χ4n) is 2.78. The molecule has 0 unspecified atom stereocenters. The van der Waals surface area contributed by atoms with E-state index in [0.717, 1.165) is 38.9 Å². The minimum atomic E-state index is -0.461. The van der Waals surface area contributed by atoms with E-state index in [4.69, 9.17) is 14.2 Å². The third-order valence-corrected chi connectivity index (χ3v) is 5.10. The molecule has 2 aromatic carbocycles. The molecule has 6 heteroatoms. The monoisotopic (exact) mass is 505 g/mol. The van der Waals surface area contributed by atoms with Crippen molar-refractivity contribution in [3.8, 4) is 11.5 Å². The van der Waals surface area contributed by atoms with Crippen molar-refractivity contribution in [3.05, 3.63) is 62.4 Å². The lowest BCUT2D eigenvalue weighted by Gasteiger charge is -2.14. The van der Waals surface area contributed by atoms with E-state index in [1.807, 2.05) is 50.2 Å². The largest absolute Gasteiger partial charge is 0.490 e. The highest BCUT2D eigenvalue weighted by Crippen LogP contribution is 2.35. The maximum absolute atomic E-state index is 12.3. The zero-order valence-corrected chi connectivity index (χ0v) is 19.0. The lowest BCUT2D eigenvalue weighted by molar-refractivity contribution is -0.129. The van der Waals surface area contributed by atoms with E-state index < -0.39 is 5.97 Å². The molecule has 1 aliphatic heterocycles. The van der Waals surface area contributed by atoms with Crippen LogP contribution in [0.1, 0.15) is 43.4 Å². The van der Waals surface area contributed by atoms with Gasteiger partial charge in [0.15, 0.2) is 17.2 Å². The average molecular weight is 505 g/mol. The number of hydrogen-bond acceptors (Lipinski definition) is 5. The second-order valence-electron chi connectivity index (χ2n) is 6.67. The Bertz CT molecular complexity index is 948. The molecule has 0 spiro atoms. The Morgan fingerprint density at radius 1 is 1.14 bits per heavy atom. The first kappa shape index (κ1) is 21.4. The van der Waals surface area contributed by atoms with Crippen molar-refractivity contribution in [2.45, 2.75) is 33.6 Å². The van der Waals surface area contributed by atoms with Gasteiger partial charge in [0, 0.05) is 5.56 Å². The van der Waals surface area contributed by atoms with Gasteiger partial charge in [0.05, 0.1) is 16.8 Å². The Morgan fingerprint density at radius 2 is 1.90 bits per heavy atom. The summed E-state index contributed by atoms with van der Waals surface area (Å²) in [5.41, 5.74) is 2.98. The van der Waals surface area contributed by atoms with Gasteiger partial charge in [-0.25, -0.2) is 9.79 Å². The van der Waals surface area contributed by atoms with Crippen LogP contribution in [0.2, 0.25) is 0 Å². The van der Waals surface area contributed by atoms with Crippen molar-refractivity contribution in [3.63, 3.8) is 0 Å². The zero-order valence-electron chi connectivity index (χ0n) is 16.8. The van der Waals surface area contributed by atoms with Crippen LogP contribution in [0.25, 0.3) is 6.08 Å². The molecule has 2 aromatic rings. The van der Waals surface area contributed by atoms with Crippen molar-refractivity contribution < 1.29 is 19.0 Å². The quantitative estimate of drug-likeness (QED) is 0.205. The highest BCUT2D eigenvalue weighted by molar-refractivity contribution is 14.1. The first-order valence-corrected chi connectivity index (χ1v) is 10.8. The molecule has 0 aromatic heterocycles. The first-order valence-electron chi connectivity index (χ1n) is 9.70. The van der Waals surface area contributed by atoms with Crippen molar-refractivity contribution in [1.82, 2.24) is 0 Å². The number of rotatable bonds is 8. The smallest absolute Gasteiger partial charge is 0.363 e. The SMILES string of the molecule is CCCCOc1c(I)cc(/C=C2\N=C(c3ccc(C)cc3)OC2=O)cc1OCC. The Balaban J connectivity index is 1.90. The maximum Gasteiger partial charge on any atom is 0.363 e. The number of halogens is 1. The molecule has 0 saturated carbocycles. The Morgan fingerprint density at radius 3 is 2.59 bits per heavy atom. The Kier molecular flexibility index (Phi) is 7.30. The molecule has 0 atom stereocenters. The number of carbonyl (C=O) groups is 1. The number of benzene rings is 2. The molecule has 0 saturated heterocycles. The summed E-state index contributed by atoms with van der Waals surface area (Å²) in [7, 11) is 0. The van der Waals surface area contributed by atoms with Crippen LogP contribution in [0, 0.1) is 10.5 Å². The second-order valence-corrected chi connectivity index (χ2v) is 7.83. The van der Waals surface area contributed by atoms with Crippen LogP contribution in [0.4, 0.5) is 0 Å². The topological polar surface area (TPSA) is 57.1 Å². The van der Waals surface area contributed by atoms with Crippen molar-refractivity contribution in [2.24, 2.45) is 4.99 Å². The molecule has 1 heterocycles. The van der Waals surface area contributed by atoms with Crippen molar-refractivity contribution in [2.75, 3.05) is 13.2 Å². The minimum absolute atomic E-state index is 0.262. The van der Waals surface area contributed by atoms with Gasteiger partial charge in [-0.15, -0.1) is 0 Å². The molecule has 152 valence electrons. The molecule has 0 bridgehead atoms. The van der Waals surface area contributed by atoms with E-state index in [2.05, 4.69) is 34.5 Å². The summed E-state index contributed by atoms with van der Waals surface area (Å²) in [6.07, 6.45) is 3.76. The summed E-state index contributed by atoms with van der Waals surface area (Å²) in [6, 6.07) is 11.5. The third-order valence-electron chi connectivity index (χ3n) is 4.30. The molecule has 1 aliphatic rings. The van der Waals surface area contributed by atoms with Gasteiger partial charge >= 0.3 is 5.97 Å². The van der Waals surface area contributed by atoms with E-state index in [1.165, 1.54) is 0 Å². The summed E-state index contributed by atoms with van der Waals surface area (Å²) in [5.74, 6) is 1.26. The summed E-state index contributed by atoms with van der Waals surface area (Å²) >= 11 is 2.23. The predicted octanol–water partition coefficient (Wildman–Crippen LogP) is 5.52. The predicted molar refractivity (Wildman–Crippen MR) is 123 cm³/mol. The number of cyclic esters (lactones) is 1. The summed E-state index contributed by atoms with van der Waals surface area (Å²) in [4.78, 5) is 16.7. The van der Waals surface area contributed by atoms with E-state index in [1.54, 1.807) is 6.08 Å². The van der Waals surface area contributed by atoms with Gasteiger partial charge in [0.1, 0.15) is 0 Å². The molecule has 0 radical (unpaired) electrons. The lowest BCUT2D eigenvalue weighted by Crippen LogP contribution is -2.05. The highest BCUT2D eigenvalue weighted by atomic mass is 127. The highest BCUT2D eigenvalue weighted by Gasteiger charge is 2.24. The van der Waals surface area contributed by atoms with Gasteiger partial charge in [-0.3, -0.25) is 0 Å². The van der Waals surface area contributed by atoms with Crippen LogP contribution in [0.15, 0.2) is 47.1 Å². The van der Waals surface area contributed by atoms with Gasteiger partial charge in [-0.05, 0) is 78.8 Å². The van der Waals surface area contributed by atoms with Gasteiger partial charge in [0.2, 0.25) is 5.90 Å². The normalized spacial score (nSPS) is 14.7. The number of aliphatic imine (C=N–C) groups is 1. The van der Waals surface area contributed by atoms with Crippen molar-refractivity contribution in [1.29, 1.82) is 0 Å². The van der Waals surface area contributed by atoms with Gasteiger partial charge in [-0.2, -0.15) is 0 Å². The summed E-state index contributed by atoms with van der Waals surface area (Å²) in [6.45, 7) is 7.23. The Labute approximate surface area is 184 Å². The van der Waals surface area contributed by atoms with Crippen LogP contribution < -0.4 is 9.47 Å². The third kappa shape index (κ3) is 5.38. The van der Waals surface area contributed by atoms with E-state index in [0.29, 0.717) is 24.9 Å². The first-order chi connectivity index (χ1) is 14.0. The number of ether oxygens (including phenoxy) is 3. The van der Waals surface area contributed by atoms with E-state index in [9.17, 15) is 4.79 Å². The van der Waals surface area contributed by atoms with Crippen LogP contribution in [0.5, 0.6) is 11.5 Å². The molecule has 29 heavy (non-hydrogen) atoms. The minimum Gasteiger partial charge on any atom is -0.490 e. The molecular weight excluding hydrogens is 481 g/mol. The zero-order chi connectivity index (χ0) is 20.8. The van der Waals surface area contributed by atoms with Gasteiger partial charge in [0.25, 0.3) is 0 Å². The number of hydrogen-bond donors (Lipinski definition) is 0. The fourth-order valence-corrected chi connectivity index (χ4v) is 3.56. The molecular formula is C23H24INO4. The van der Waals surface area contributed by atoms with Gasteiger partial charge < -0.3 is 14.2 Å². The van der Waals surface area contributed by atoms with Gasteiger partial charge in [-0.1, -0.05) is 31.0 Å².